The summed E-state index contributed by atoms with van der Waals surface area (Å²) in [5.41, 5.74) is 3.82. The second-order valence-corrected chi connectivity index (χ2v) is 6.64. The molecule has 1 aromatic carbocycles. The highest BCUT2D eigenvalue weighted by molar-refractivity contribution is 5.77. The van der Waals surface area contributed by atoms with E-state index in [0.717, 1.165) is 22.6 Å². The van der Waals surface area contributed by atoms with Crippen molar-refractivity contribution in [1.82, 2.24) is 14.9 Å². The minimum atomic E-state index is -0.0461. The van der Waals surface area contributed by atoms with Crippen LogP contribution in [-0.2, 0) is 29.1 Å². The van der Waals surface area contributed by atoms with Crippen molar-refractivity contribution in [3.63, 3.8) is 0 Å². The van der Waals surface area contributed by atoms with E-state index < -0.39 is 0 Å². The second-order valence-electron chi connectivity index (χ2n) is 6.64. The topological polar surface area (TPSA) is 55.3 Å². The minimum absolute atomic E-state index is 0.0446. The summed E-state index contributed by atoms with van der Waals surface area (Å²) in [7, 11) is 0. The Morgan fingerprint density at radius 1 is 0.964 bits per heavy atom. The zero-order valence-corrected chi connectivity index (χ0v) is 16.1. The Balaban J connectivity index is 1.61. The molecule has 0 fully saturated rings. The van der Waals surface area contributed by atoms with Gasteiger partial charge in [-0.05, 0) is 36.8 Å². The van der Waals surface area contributed by atoms with Crippen molar-refractivity contribution in [2.45, 2.75) is 26.5 Å². The lowest BCUT2D eigenvalue weighted by Gasteiger charge is -2.22. The van der Waals surface area contributed by atoms with E-state index in [0.29, 0.717) is 26.1 Å². The molecule has 144 valence electrons. The summed E-state index contributed by atoms with van der Waals surface area (Å²) in [4.78, 5) is 23.5. The molecule has 0 saturated heterocycles. The number of hydrogen-bond donors (Lipinski definition) is 0. The highest BCUT2D eigenvalue weighted by atomic mass is 16.5. The molecule has 3 rings (SSSR count). The van der Waals surface area contributed by atoms with Gasteiger partial charge in [0, 0.05) is 30.6 Å². The van der Waals surface area contributed by atoms with Crippen LogP contribution < -0.4 is 0 Å². The van der Waals surface area contributed by atoms with Crippen LogP contribution in [0.15, 0.2) is 72.9 Å². The molecule has 0 unspecified atom stereocenters. The fourth-order valence-electron chi connectivity index (χ4n) is 2.89. The maximum atomic E-state index is 12.8. The van der Waals surface area contributed by atoms with Gasteiger partial charge in [0.15, 0.2) is 0 Å². The van der Waals surface area contributed by atoms with Gasteiger partial charge in [-0.25, -0.2) is 0 Å². The lowest BCUT2D eigenvalue weighted by molar-refractivity contribution is -0.137. The second kappa shape index (κ2) is 10.3. The van der Waals surface area contributed by atoms with Crippen molar-refractivity contribution in [2.75, 3.05) is 13.2 Å². The number of rotatable bonds is 9. The quantitative estimate of drug-likeness (QED) is 0.574. The molecular weight excluding hydrogens is 350 g/mol. The Bertz CT molecular complexity index is 869. The van der Waals surface area contributed by atoms with Crippen LogP contribution in [0.2, 0.25) is 0 Å². The number of aromatic nitrogens is 2. The monoisotopic (exact) mass is 375 g/mol. The molecule has 2 heterocycles. The molecular formula is C23H25N3O2. The summed E-state index contributed by atoms with van der Waals surface area (Å²) in [5.74, 6) is -0.0461. The molecule has 0 N–H and O–H groups in total. The van der Waals surface area contributed by atoms with Gasteiger partial charge >= 0.3 is 0 Å². The Morgan fingerprint density at radius 3 is 2.50 bits per heavy atom. The Hall–Kier alpha value is -3.05. The number of hydrogen-bond acceptors (Lipinski definition) is 4. The maximum absolute atomic E-state index is 12.8. The van der Waals surface area contributed by atoms with Crippen molar-refractivity contribution in [3.05, 3.63) is 95.6 Å². The molecule has 0 atom stereocenters. The molecule has 2 aromatic heterocycles. The van der Waals surface area contributed by atoms with Gasteiger partial charge in [0.2, 0.25) is 5.91 Å². The number of carbonyl (C=O) groups excluding carboxylic acids is 1. The summed E-state index contributed by atoms with van der Waals surface area (Å²) >= 11 is 0. The van der Waals surface area contributed by atoms with Crippen LogP contribution in [0.25, 0.3) is 0 Å². The standard InChI is InChI=1S/C23H25N3O2/c1-19-8-7-12-22(25-19)16-26(15-13-21-11-5-6-14-24-21)23(27)18-28-17-20-9-3-2-4-10-20/h2-12,14H,13,15-18H2,1H3. The first kappa shape index (κ1) is 19.7. The average molecular weight is 375 g/mol. The third-order valence-corrected chi connectivity index (χ3v) is 4.35. The van der Waals surface area contributed by atoms with Crippen molar-refractivity contribution in [2.24, 2.45) is 0 Å². The molecule has 0 aliphatic rings. The van der Waals surface area contributed by atoms with Crippen molar-refractivity contribution < 1.29 is 9.53 Å². The van der Waals surface area contributed by atoms with Crippen molar-refractivity contribution in [3.8, 4) is 0 Å². The fraction of sp³-hybridized carbons (Fsp3) is 0.261. The first-order valence-electron chi connectivity index (χ1n) is 9.42. The van der Waals surface area contributed by atoms with Gasteiger partial charge in [-0.1, -0.05) is 42.5 Å². The zero-order valence-electron chi connectivity index (χ0n) is 16.1. The Labute approximate surface area is 166 Å². The number of benzene rings is 1. The van der Waals surface area contributed by atoms with E-state index in [4.69, 9.17) is 4.74 Å². The van der Waals surface area contributed by atoms with Crippen LogP contribution >= 0.6 is 0 Å². The summed E-state index contributed by atoms with van der Waals surface area (Å²) < 4.78 is 5.65. The van der Waals surface area contributed by atoms with Crippen LogP contribution in [0.4, 0.5) is 0 Å². The fourth-order valence-corrected chi connectivity index (χ4v) is 2.89. The largest absolute Gasteiger partial charge is 0.367 e. The molecule has 5 nitrogen and oxygen atoms in total. The van der Waals surface area contributed by atoms with E-state index in [-0.39, 0.29) is 12.5 Å². The first-order chi connectivity index (χ1) is 13.7. The van der Waals surface area contributed by atoms with Gasteiger partial charge in [-0.2, -0.15) is 0 Å². The highest BCUT2D eigenvalue weighted by Crippen LogP contribution is 2.07. The maximum Gasteiger partial charge on any atom is 0.248 e. The van der Waals surface area contributed by atoms with Crippen molar-refractivity contribution in [1.29, 1.82) is 0 Å². The summed E-state index contributed by atoms with van der Waals surface area (Å²) in [6.07, 6.45) is 2.46. The van der Waals surface area contributed by atoms with Gasteiger partial charge in [-0.15, -0.1) is 0 Å². The molecule has 28 heavy (non-hydrogen) atoms. The van der Waals surface area contributed by atoms with Crippen LogP contribution in [0, 0.1) is 6.92 Å². The van der Waals surface area contributed by atoms with E-state index in [2.05, 4.69) is 9.97 Å². The summed E-state index contributed by atoms with van der Waals surface area (Å²) in [6.45, 7) is 3.45. The Morgan fingerprint density at radius 2 is 1.75 bits per heavy atom. The molecule has 0 aliphatic heterocycles. The molecule has 0 bridgehead atoms. The zero-order chi connectivity index (χ0) is 19.6. The number of ether oxygens (including phenoxy) is 1. The van der Waals surface area contributed by atoms with Gasteiger partial charge in [0.1, 0.15) is 6.61 Å². The SMILES string of the molecule is Cc1cccc(CN(CCc2ccccn2)C(=O)COCc2ccccc2)n1. The number of nitrogens with zero attached hydrogens (tertiary/aromatic N) is 3. The normalized spacial score (nSPS) is 10.6. The molecule has 0 saturated carbocycles. The summed E-state index contributed by atoms with van der Waals surface area (Å²) in [6, 6.07) is 21.5. The van der Waals surface area contributed by atoms with Gasteiger partial charge in [-0.3, -0.25) is 14.8 Å². The van der Waals surface area contributed by atoms with E-state index >= 15 is 0 Å². The average Bonchev–Trinajstić information content (AvgIpc) is 2.72. The number of pyridine rings is 2. The third-order valence-electron chi connectivity index (χ3n) is 4.35. The van der Waals surface area contributed by atoms with E-state index in [1.165, 1.54) is 0 Å². The summed E-state index contributed by atoms with van der Waals surface area (Å²) in [5, 5.41) is 0. The predicted molar refractivity (Wildman–Crippen MR) is 108 cm³/mol. The minimum Gasteiger partial charge on any atom is -0.367 e. The highest BCUT2D eigenvalue weighted by Gasteiger charge is 2.15. The lowest BCUT2D eigenvalue weighted by Crippen LogP contribution is -2.35. The first-order valence-corrected chi connectivity index (χ1v) is 9.42. The number of aryl methyl sites for hydroxylation is 1. The smallest absolute Gasteiger partial charge is 0.248 e. The predicted octanol–water partition coefficient (Wildman–Crippen LogP) is 3.57. The van der Waals surface area contributed by atoms with E-state index in [1.54, 1.807) is 11.1 Å². The van der Waals surface area contributed by atoms with Crippen LogP contribution in [0.1, 0.15) is 22.6 Å². The van der Waals surface area contributed by atoms with Crippen LogP contribution in [-0.4, -0.2) is 33.9 Å². The van der Waals surface area contributed by atoms with Crippen LogP contribution in [0.5, 0.6) is 0 Å². The molecule has 0 aliphatic carbocycles. The van der Waals surface area contributed by atoms with Gasteiger partial charge in [0.05, 0.1) is 18.8 Å². The molecule has 3 aromatic rings. The molecule has 0 radical (unpaired) electrons. The Kier molecular flexibility index (Phi) is 7.27. The van der Waals surface area contributed by atoms with Crippen LogP contribution in [0.3, 0.4) is 0 Å². The molecule has 5 heteroatoms. The lowest BCUT2D eigenvalue weighted by atomic mass is 10.2. The number of carbonyl (C=O) groups is 1. The van der Waals surface area contributed by atoms with Gasteiger partial charge < -0.3 is 9.64 Å². The number of amides is 1. The van der Waals surface area contributed by atoms with E-state index in [9.17, 15) is 4.79 Å². The van der Waals surface area contributed by atoms with E-state index in [1.807, 2.05) is 73.7 Å². The molecule has 1 amide bonds. The third kappa shape index (κ3) is 6.28. The van der Waals surface area contributed by atoms with Crippen molar-refractivity contribution >= 4 is 5.91 Å². The molecule has 0 spiro atoms. The van der Waals surface area contributed by atoms with Gasteiger partial charge in [0.25, 0.3) is 0 Å².